The largest absolute Gasteiger partial charge is 0.376 e. The molecule has 4 heteroatoms. The van der Waals surface area contributed by atoms with Crippen molar-refractivity contribution in [3.8, 4) is 0 Å². The molecular weight excluding hydrogens is 274 g/mol. The van der Waals surface area contributed by atoms with Crippen LogP contribution in [0, 0.1) is 20.8 Å². The summed E-state index contributed by atoms with van der Waals surface area (Å²) in [6.45, 7) is 6.26. The van der Waals surface area contributed by atoms with Crippen molar-refractivity contribution < 1.29 is 4.79 Å². The SMILES string of the molecule is Cc1ccc(NCC(=O)N/N=C\c2ccccc2C)c(C)c1. The van der Waals surface area contributed by atoms with Gasteiger partial charge in [0.1, 0.15) is 0 Å². The van der Waals surface area contributed by atoms with Gasteiger partial charge >= 0.3 is 0 Å². The number of benzene rings is 2. The number of aryl methyl sites for hydroxylation is 3. The smallest absolute Gasteiger partial charge is 0.259 e. The Morgan fingerprint density at radius 1 is 1.09 bits per heavy atom. The van der Waals surface area contributed by atoms with Crippen molar-refractivity contribution in [1.29, 1.82) is 0 Å². The van der Waals surface area contributed by atoms with Gasteiger partial charge in [0.15, 0.2) is 0 Å². The predicted octanol–water partition coefficient (Wildman–Crippen LogP) is 3.17. The fraction of sp³-hybridized carbons (Fsp3) is 0.222. The minimum absolute atomic E-state index is 0.176. The van der Waals surface area contributed by atoms with Crippen molar-refractivity contribution in [1.82, 2.24) is 5.43 Å². The fourth-order valence-electron chi connectivity index (χ4n) is 2.13. The lowest BCUT2D eigenvalue weighted by Crippen LogP contribution is -2.26. The van der Waals surface area contributed by atoms with Crippen LogP contribution in [-0.2, 0) is 4.79 Å². The molecule has 2 rings (SSSR count). The summed E-state index contributed by atoms with van der Waals surface area (Å²) in [5, 5.41) is 7.10. The molecule has 0 unspecified atom stereocenters. The predicted molar refractivity (Wildman–Crippen MR) is 91.3 cm³/mol. The number of hydrogen-bond donors (Lipinski definition) is 2. The van der Waals surface area contributed by atoms with E-state index >= 15 is 0 Å². The highest BCUT2D eigenvalue weighted by Gasteiger charge is 2.02. The third-order valence-corrected chi connectivity index (χ3v) is 3.40. The van der Waals surface area contributed by atoms with Crippen molar-refractivity contribution in [2.24, 2.45) is 5.10 Å². The maximum atomic E-state index is 11.8. The second-order valence-electron chi connectivity index (χ2n) is 5.32. The molecule has 0 fully saturated rings. The molecular formula is C18H21N3O. The van der Waals surface area contributed by atoms with E-state index in [0.29, 0.717) is 0 Å². The van der Waals surface area contributed by atoms with Crippen LogP contribution in [0.4, 0.5) is 5.69 Å². The van der Waals surface area contributed by atoms with Crippen molar-refractivity contribution in [2.45, 2.75) is 20.8 Å². The molecule has 2 aromatic carbocycles. The molecule has 0 spiro atoms. The molecule has 114 valence electrons. The quantitative estimate of drug-likeness (QED) is 0.657. The van der Waals surface area contributed by atoms with Gasteiger partial charge in [-0.15, -0.1) is 0 Å². The third kappa shape index (κ3) is 4.45. The van der Waals surface area contributed by atoms with Crippen molar-refractivity contribution in [3.05, 3.63) is 64.7 Å². The Kier molecular flexibility index (Phi) is 5.31. The maximum absolute atomic E-state index is 11.8. The zero-order valence-corrected chi connectivity index (χ0v) is 13.2. The number of rotatable bonds is 5. The van der Waals surface area contributed by atoms with Crippen LogP contribution in [0.15, 0.2) is 47.6 Å². The highest BCUT2D eigenvalue weighted by molar-refractivity contribution is 5.85. The monoisotopic (exact) mass is 295 g/mol. The second kappa shape index (κ2) is 7.41. The molecule has 0 saturated heterocycles. The van der Waals surface area contributed by atoms with Crippen LogP contribution >= 0.6 is 0 Å². The summed E-state index contributed by atoms with van der Waals surface area (Å²) in [5.74, 6) is -0.176. The summed E-state index contributed by atoms with van der Waals surface area (Å²) in [6, 6.07) is 14.0. The van der Waals surface area contributed by atoms with Gasteiger partial charge < -0.3 is 5.32 Å². The average Bonchev–Trinajstić information content (AvgIpc) is 2.48. The molecule has 0 aliphatic rings. The van der Waals surface area contributed by atoms with Crippen molar-refractivity contribution in [3.63, 3.8) is 0 Å². The number of carbonyl (C=O) groups is 1. The van der Waals surface area contributed by atoms with E-state index in [2.05, 4.69) is 21.9 Å². The fourth-order valence-corrected chi connectivity index (χ4v) is 2.13. The number of carbonyl (C=O) groups excluding carboxylic acids is 1. The molecule has 0 saturated carbocycles. The molecule has 1 amide bonds. The summed E-state index contributed by atoms with van der Waals surface area (Å²) < 4.78 is 0. The van der Waals surface area contributed by atoms with Crippen LogP contribution in [0.3, 0.4) is 0 Å². The van der Waals surface area contributed by atoms with Gasteiger partial charge in [-0.25, -0.2) is 5.43 Å². The first-order valence-corrected chi connectivity index (χ1v) is 7.25. The van der Waals surface area contributed by atoms with E-state index in [9.17, 15) is 4.79 Å². The van der Waals surface area contributed by atoms with E-state index in [1.165, 1.54) is 5.56 Å². The van der Waals surface area contributed by atoms with Gasteiger partial charge in [-0.2, -0.15) is 5.10 Å². The molecule has 0 aromatic heterocycles. The number of hydrazone groups is 1. The lowest BCUT2D eigenvalue weighted by atomic mass is 10.1. The van der Waals surface area contributed by atoms with Crippen molar-refractivity contribution in [2.75, 3.05) is 11.9 Å². The Labute approximate surface area is 131 Å². The summed E-state index contributed by atoms with van der Waals surface area (Å²) in [5.41, 5.74) is 7.92. The van der Waals surface area contributed by atoms with Crippen LogP contribution in [0.2, 0.25) is 0 Å². The summed E-state index contributed by atoms with van der Waals surface area (Å²) in [7, 11) is 0. The zero-order valence-electron chi connectivity index (χ0n) is 13.2. The molecule has 0 bridgehead atoms. The number of nitrogens with zero attached hydrogens (tertiary/aromatic N) is 1. The summed E-state index contributed by atoms with van der Waals surface area (Å²) >= 11 is 0. The Balaban J connectivity index is 1.84. The van der Waals surface area contributed by atoms with Gasteiger partial charge in [-0.3, -0.25) is 4.79 Å². The topological polar surface area (TPSA) is 53.5 Å². The number of anilines is 1. The van der Waals surface area contributed by atoms with Gasteiger partial charge in [-0.05, 0) is 43.5 Å². The Morgan fingerprint density at radius 2 is 1.86 bits per heavy atom. The van der Waals surface area contributed by atoms with Crippen LogP contribution < -0.4 is 10.7 Å². The molecule has 4 nitrogen and oxygen atoms in total. The highest BCUT2D eigenvalue weighted by atomic mass is 16.2. The molecule has 2 N–H and O–H groups in total. The molecule has 0 aliphatic heterocycles. The Hall–Kier alpha value is -2.62. The van der Waals surface area contributed by atoms with Crippen LogP contribution in [0.25, 0.3) is 0 Å². The molecule has 0 heterocycles. The summed E-state index contributed by atoms with van der Waals surface area (Å²) in [4.78, 5) is 11.8. The van der Waals surface area contributed by atoms with Crippen molar-refractivity contribution >= 4 is 17.8 Å². The lowest BCUT2D eigenvalue weighted by molar-refractivity contribution is -0.119. The average molecular weight is 295 g/mol. The van der Waals surface area contributed by atoms with Gasteiger partial charge in [0.2, 0.25) is 0 Å². The van der Waals surface area contributed by atoms with Gasteiger partial charge in [0.05, 0.1) is 12.8 Å². The first kappa shape index (κ1) is 15.8. The standard InChI is InChI=1S/C18H21N3O/c1-13-8-9-17(15(3)10-13)19-12-18(22)21-20-11-16-7-5-4-6-14(16)2/h4-11,19H,12H2,1-3H3,(H,21,22)/b20-11-. The zero-order chi connectivity index (χ0) is 15.9. The van der Waals surface area contributed by atoms with Gasteiger partial charge in [-0.1, -0.05) is 42.0 Å². The van der Waals surface area contributed by atoms with E-state index in [0.717, 1.165) is 22.4 Å². The minimum atomic E-state index is -0.176. The first-order chi connectivity index (χ1) is 10.6. The lowest BCUT2D eigenvalue weighted by Gasteiger charge is -2.09. The van der Waals surface area contributed by atoms with E-state index in [1.54, 1.807) is 6.21 Å². The second-order valence-corrected chi connectivity index (χ2v) is 5.32. The van der Waals surface area contributed by atoms with Crippen LogP contribution in [-0.4, -0.2) is 18.7 Å². The molecule has 0 aliphatic carbocycles. The summed E-state index contributed by atoms with van der Waals surface area (Å²) in [6.07, 6.45) is 1.66. The maximum Gasteiger partial charge on any atom is 0.259 e. The first-order valence-electron chi connectivity index (χ1n) is 7.25. The number of amides is 1. The van der Waals surface area contributed by atoms with Gasteiger partial charge in [0, 0.05) is 5.69 Å². The van der Waals surface area contributed by atoms with E-state index in [1.807, 2.05) is 57.2 Å². The molecule has 0 radical (unpaired) electrons. The van der Waals surface area contributed by atoms with E-state index < -0.39 is 0 Å². The molecule has 2 aromatic rings. The van der Waals surface area contributed by atoms with Gasteiger partial charge in [0.25, 0.3) is 5.91 Å². The Morgan fingerprint density at radius 3 is 2.59 bits per heavy atom. The van der Waals surface area contributed by atoms with Crippen LogP contribution in [0.1, 0.15) is 22.3 Å². The van der Waals surface area contributed by atoms with E-state index in [4.69, 9.17) is 0 Å². The normalized spacial score (nSPS) is 10.7. The minimum Gasteiger partial charge on any atom is -0.376 e. The van der Waals surface area contributed by atoms with E-state index in [-0.39, 0.29) is 12.5 Å². The number of nitrogens with one attached hydrogen (secondary N) is 2. The molecule has 0 atom stereocenters. The van der Waals surface area contributed by atoms with Crippen LogP contribution in [0.5, 0.6) is 0 Å². The highest BCUT2D eigenvalue weighted by Crippen LogP contribution is 2.15. The Bertz CT molecular complexity index is 692. The third-order valence-electron chi connectivity index (χ3n) is 3.40. The molecule has 22 heavy (non-hydrogen) atoms. The number of hydrogen-bond acceptors (Lipinski definition) is 3.